The third-order valence-electron chi connectivity index (χ3n) is 6.52. The Morgan fingerprint density at radius 1 is 1.17 bits per heavy atom. The molecule has 6 rings (SSSR count). The number of pyridine rings is 1. The predicted molar refractivity (Wildman–Crippen MR) is 111 cm³/mol. The highest BCUT2D eigenvalue weighted by Crippen LogP contribution is 2.45. The Kier molecular flexibility index (Phi) is 3.46. The van der Waals surface area contributed by atoms with Crippen LogP contribution in [-0.4, -0.2) is 28.0 Å². The van der Waals surface area contributed by atoms with Crippen molar-refractivity contribution < 1.29 is 9.53 Å². The zero-order valence-electron chi connectivity index (χ0n) is 16.5. The van der Waals surface area contributed by atoms with Crippen LogP contribution in [0.25, 0.3) is 22.5 Å². The summed E-state index contributed by atoms with van der Waals surface area (Å²) < 4.78 is 5.55. The normalized spacial score (nSPS) is 17.9. The summed E-state index contributed by atoms with van der Waals surface area (Å²) in [7, 11) is 0. The van der Waals surface area contributed by atoms with E-state index < -0.39 is 0 Å². The molecule has 3 aromatic rings. The quantitative estimate of drug-likeness (QED) is 0.714. The second-order valence-corrected chi connectivity index (χ2v) is 8.43. The Labute approximate surface area is 169 Å². The van der Waals surface area contributed by atoms with E-state index in [4.69, 9.17) is 9.72 Å². The van der Waals surface area contributed by atoms with E-state index in [9.17, 15) is 4.79 Å². The largest absolute Gasteiger partial charge is 0.494 e. The molecule has 0 radical (unpaired) electrons. The third-order valence-corrected chi connectivity index (χ3v) is 6.52. The molecule has 3 aliphatic rings. The number of ether oxygens (including phenoxy) is 1. The van der Waals surface area contributed by atoms with Gasteiger partial charge in [0.25, 0.3) is 5.91 Å². The molecule has 5 heteroatoms. The number of carbonyl (C=O) groups excluding carboxylic acids is 1. The van der Waals surface area contributed by atoms with Crippen LogP contribution in [0, 0.1) is 0 Å². The van der Waals surface area contributed by atoms with Crippen molar-refractivity contribution >= 4 is 5.91 Å². The summed E-state index contributed by atoms with van der Waals surface area (Å²) >= 11 is 0. The minimum atomic E-state index is 0.0199. The second kappa shape index (κ2) is 5.96. The summed E-state index contributed by atoms with van der Waals surface area (Å²) in [5.41, 5.74) is 8.73. The summed E-state index contributed by atoms with van der Waals surface area (Å²) in [5.74, 6) is 0.971. The van der Waals surface area contributed by atoms with E-state index in [1.54, 1.807) is 0 Å². The standard InChI is InChI=1S/C24H23N3O2/c1-2-29-16-6-3-14(4-7-16)19-11-18-15(13-25-19)5-8-17-21-20(26-22(17)18)12-24(9-10-24)27-23(21)28/h3-4,6-7,11,13,26H,2,5,8-10,12H2,1H3,(H,27,28). The van der Waals surface area contributed by atoms with E-state index in [0.717, 1.165) is 66.1 Å². The number of amides is 1. The molecule has 1 fully saturated rings. The first kappa shape index (κ1) is 16.8. The number of hydrogen-bond acceptors (Lipinski definition) is 3. The van der Waals surface area contributed by atoms with Gasteiger partial charge in [-0.3, -0.25) is 9.78 Å². The SMILES string of the molecule is CCOc1ccc(-c2cc3c(cn2)CCc2c-3[nH]c3c2C(=O)NC2(CC2)C3)cc1. The van der Waals surface area contributed by atoms with Gasteiger partial charge in [-0.2, -0.15) is 0 Å². The molecule has 0 saturated heterocycles. The first-order chi connectivity index (χ1) is 14.2. The van der Waals surface area contributed by atoms with Crippen LogP contribution in [0.3, 0.4) is 0 Å². The van der Waals surface area contributed by atoms with Crippen molar-refractivity contribution in [1.82, 2.24) is 15.3 Å². The maximum Gasteiger partial charge on any atom is 0.253 e. The summed E-state index contributed by atoms with van der Waals surface area (Å²) in [4.78, 5) is 21.1. The zero-order valence-corrected chi connectivity index (χ0v) is 16.5. The molecule has 1 aliphatic heterocycles. The fourth-order valence-corrected chi connectivity index (χ4v) is 4.84. The summed E-state index contributed by atoms with van der Waals surface area (Å²) in [6.07, 6.45) is 6.90. The smallest absolute Gasteiger partial charge is 0.253 e. The number of fused-ring (bicyclic) bond motifs is 5. The average Bonchev–Trinajstić information content (AvgIpc) is 3.35. The molecule has 2 aliphatic carbocycles. The van der Waals surface area contributed by atoms with Gasteiger partial charge in [-0.15, -0.1) is 0 Å². The van der Waals surface area contributed by atoms with E-state index in [2.05, 4.69) is 16.4 Å². The van der Waals surface area contributed by atoms with Gasteiger partial charge in [0.1, 0.15) is 5.75 Å². The van der Waals surface area contributed by atoms with Crippen LogP contribution in [0.15, 0.2) is 36.5 Å². The highest BCUT2D eigenvalue weighted by molar-refractivity contribution is 6.01. The Morgan fingerprint density at radius 3 is 2.76 bits per heavy atom. The summed E-state index contributed by atoms with van der Waals surface area (Å²) in [6, 6.07) is 10.2. The van der Waals surface area contributed by atoms with Crippen LogP contribution in [-0.2, 0) is 19.3 Å². The molecule has 1 aromatic carbocycles. The van der Waals surface area contributed by atoms with Gasteiger partial charge in [-0.05, 0) is 74.1 Å². The summed E-state index contributed by atoms with van der Waals surface area (Å²) in [5, 5.41) is 3.25. The molecule has 1 spiro atoms. The Morgan fingerprint density at radius 2 is 2.00 bits per heavy atom. The van der Waals surface area contributed by atoms with Gasteiger partial charge in [0, 0.05) is 35.0 Å². The molecule has 29 heavy (non-hydrogen) atoms. The van der Waals surface area contributed by atoms with Crippen molar-refractivity contribution in [2.75, 3.05) is 6.61 Å². The highest BCUT2D eigenvalue weighted by Gasteiger charge is 2.49. The molecule has 3 heterocycles. The van der Waals surface area contributed by atoms with Crippen LogP contribution in [0.5, 0.6) is 5.75 Å². The first-order valence-electron chi connectivity index (χ1n) is 10.4. The molecule has 146 valence electrons. The van der Waals surface area contributed by atoms with Gasteiger partial charge in [0.15, 0.2) is 0 Å². The molecular weight excluding hydrogens is 362 g/mol. The van der Waals surface area contributed by atoms with Crippen molar-refractivity contribution in [3.05, 3.63) is 58.9 Å². The van der Waals surface area contributed by atoms with Crippen LogP contribution >= 0.6 is 0 Å². The van der Waals surface area contributed by atoms with Gasteiger partial charge in [-0.1, -0.05) is 0 Å². The van der Waals surface area contributed by atoms with E-state index in [0.29, 0.717) is 6.61 Å². The number of aromatic nitrogens is 2. The number of H-pyrrole nitrogens is 1. The Balaban J connectivity index is 1.42. The lowest BCUT2D eigenvalue weighted by atomic mass is 9.87. The number of nitrogens with zero attached hydrogens (tertiary/aromatic N) is 1. The van der Waals surface area contributed by atoms with Crippen LogP contribution in [0.2, 0.25) is 0 Å². The predicted octanol–water partition coefficient (Wildman–Crippen LogP) is 4.06. The van der Waals surface area contributed by atoms with Crippen molar-refractivity contribution in [2.45, 2.75) is 44.6 Å². The van der Waals surface area contributed by atoms with Crippen molar-refractivity contribution in [2.24, 2.45) is 0 Å². The molecule has 2 aromatic heterocycles. The number of aromatic amines is 1. The molecule has 0 bridgehead atoms. The second-order valence-electron chi connectivity index (χ2n) is 8.43. The minimum Gasteiger partial charge on any atom is -0.494 e. The Bertz CT molecular complexity index is 1140. The Hall–Kier alpha value is -3.08. The van der Waals surface area contributed by atoms with Gasteiger partial charge in [-0.25, -0.2) is 0 Å². The van der Waals surface area contributed by atoms with E-state index in [-0.39, 0.29) is 11.4 Å². The van der Waals surface area contributed by atoms with E-state index in [1.807, 2.05) is 37.4 Å². The fraction of sp³-hybridized carbons (Fsp3) is 0.333. The lowest BCUT2D eigenvalue weighted by Crippen LogP contribution is -2.43. The molecular formula is C24H23N3O2. The molecule has 0 unspecified atom stereocenters. The highest BCUT2D eigenvalue weighted by atomic mass is 16.5. The van der Waals surface area contributed by atoms with Gasteiger partial charge in [0.05, 0.1) is 23.6 Å². The maximum atomic E-state index is 12.8. The lowest BCUT2D eigenvalue weighted by Gasteiger charge is -2.24. The van der Waals surface area contributed by atoms with Crippen molar-refractivity contribution in [3.8, 4) is 28.3 Å². The lowest BCUT2D eigenvalue weighted by molar-refractivity contribution is 0.0917. The monoisotopic (exact) mass is 385 g/mol. The van der Waals surface area contributed by atoms with Gasteiger partial charge < -0.3 is 15.0 Å². The number of aryl methyl sites for hydroxylation is 1. The number of rotatable bonds is 3. The fourth-order valence-electron chi connectivity index (χ4n) is 4.84. The van der Waals surface area contributed by atoms with Gasteiger partial charge in [0.2, 0.25) is 0 Å². The average molecular weight is 385 g/mol. The van der Waals surface area contributed by atoms with E-state index in [1.165, 1.54) is 16.7 Å². The topological polar surface area (TPSA) is 67.0 Å². The van der Waals surface area contributed by atoms with Crippen LogP contribution in [0.4, 0.5) is 0 Å². The van der Waals surface area contributed by atoms with Crippen molar-refractivity contribution in [3.63, 3.8) is 0 Å². The number of hydrogen-bond donors (Lipinski definition) is 2. The number of benzene rings is 1. The first-order valence-corrected chi connectivity index (χ1v) is 10.4. The van der Waals surface area contributed by atoms with Crippen molar-refractivity contribution in [1.29, 1.82) is 0 Å². The molecule has 1 amide bonds. The third kappa shape index (κ3) is 2.60. The molecule has 0 atom stereocenters. The maximum absolute atomic E-state index is 12.8. The van der Waals surface area contributed by atoms with Crippen LogP contribution < -0.4 is 10.1 Å². The number of nitrogens with one attached hydrogen (secondary N) is 2. The van der Waals surface area contributed by atoms with Gasteiger partial charge >= 0.3 is 0 Å². The zero-order chi connectivity index (χ0) is 19.6. The molecule has 5 nitrogen and oxygen atoms in total. The molecule has 2 N–H and O–H groups in total. The minimum absolute atomic E-state index is 0.0199. The van der Waals surface area contributed by atoms with E-state index >= 15 is 0 Å². The summed E-state index contributed by atoms with van der Waals surface area (Å²) in [6.45, 7) is 2.64. The number of carbonyl (C=O) groups is 1. The van der Waals surface area contributed by atoms with Crippen LogP contribution in [0.1, 0.15) is 46.9 Å². The molecule has 1 saturated carbocycles.